The van der Waals surface area contributed by atoms with Crippen molar-refractivity contribution in [2.24, 2.45) is 0 Å². The summed E-state index contributed by atoms with van der Waals surface area (Å²) >= 11 is 5.95. The molecule has 2 heterocycles. The zero-order valence-corrected chi connectivity index (χ0v) is 15.8. The molecule has 1 N–H and O–H groups in total. The van der Waals surface area contributed by atoms with Gasteiger partial charge in [-0.2, -0.15) is 0 Å². The zero-order valence-electron chi connectivity index (χ0n) is 14.3. The Bertz CT molecular complexity index is 886. The standard InChI is InChI=1S/C19H21ClN2O3S/c20-15-7-5-14(6-8-15)13-22-11-9-16-17(10-12-22)25-18-3-1-2-4-19(18)26(23,24)21-16/h1-8,16-17,21H,9-13H2/t16-,17-/m0/s1. The van der Waals surface area contributed by atoms with Gasteiger partial charge in [-0.25, -0.2) is 13.1 Å². The largest absolute Gasteiger partial charge is 0.487 e. The van der Waals surface area contributed by atoms with Gasteiger partial charge in [0.05, 0.1) is 6.04 Å². The average Bonchev–Trinajstić information content (AvgIpc) is 2.86. The van der Waals surface area contributed by atoms with Crippen molar-refractivity contribution in [2.45, 2.75) is 36.4 Å². The topological polar surface area (TPSA) is 58.6 Å². The second-order valence-electron chi connectivity index (χ2n) is 6.81. The third kappa shape index (κ3) is 3.74. The van der Waals surface area contributed by atoms with Gasteiger partial charge >= 0.3 is 0 Å². The van der Waals surface area contributed by atoms with Gasteiger partial charge in [-0.3, -0.25) is 4.90 Å². The number of nitrogens with one attached hydrogen (secondary N) is 1. The summed E-state index contributed by atoms with van der Waals surface area (Å²) in [6.07, 6.45) is 1.32. The molecule has 0 radical (unpaired) electrons. The molecule has 26 heavy (non-hydrogen) atoms. The van der Waals surface area contributed by atoms with Crippen molar-refractivity contribution in [1.82, 2.24) is 9.62 Å². The summed E-state index contributed by atoms with van der Waals surface area (Å²) in [5.41, 5.74) is 1.20. The predicted octanol–water partition coefficient (Wildman–Crippen LogP) is 3.04. The number of hydrogen-bond acceptors (Lipinski definition) is 4. The summed E-state index contributed by atoms with van der Waals surface area (Å²) in [6.45, 7) is 2.49. The summed E-state index contributed by atoms with van der Waals surface area (Å²) in [6, 6.07) is 14.5. The van der Waals surface area contributed by atoms with E-state index < -0.39 is 10.0 Å². The number of nitrogens with zero attached hydrogens (tertiary/aromatic N) is 1. The molecule has 0 bridgehead atoms. The average molecular weight is 393 g/mol. The molecule has 0 unspecified atom stereocenters. The lowest BCUT2D eigenvalue weighted by Gasteiger charge is -2.22. The highest BCUT2D eigenvalue weighted by molar-refractivity contribution is 7.89. The molecule has 0 amide bonds. The number of likely N-dealkylation sites (tertiary alicyclic amines) is 1. The third-order valence-electron chi connectivity index (χ3n) is 4.98. The van der Waals surface area contributed by atoms with Crippen LogP contribution in [0.25, 0.3) is 0 Å². The van der Waals surface area contributed by atoms with Gasteiger partial charge in [-0.1, -0.05) is 35.9 Å². The Morgan fingerprint density at radius 1 is 1.08 bits per heavy atom. The SMILES string of the molecule is O=S1(=O)N[C@H]2CCN(Cc3ccc(Cl)cc3)CC[C@@H]2Oc2ccccc21. The molecule has 0 aliphatic carbocycles. The van der Waals surface area contributed by atoms with E-state index in [9.17, 15) is 8.42 Å². The lowest BCUT2D eigenvalue weighted by Crippen LogP contribution is -2.43. The van der Waals surface area contributed by atoms with Crippen LogP contribution >= 0.6 is 11.6 Å². The lowest BCUT2D eigenvalue weighted by atomic mass is 10.1. The van der Waals surface area contributed by atoms with Gasteiger partial charge in [0.2, 0.25) is 10.0 Å². The second kappa shape index (κ2) is 7.19. The van der Waals surface area contributed by atoms with Crippen LogP contribution in [0.4, 0.5) is 0 Å². The number of ether oxygens (including phenoxy) is 1. The Labute approximate surface area is 159 Å². The predicted molar refractivity (Wildman–Crippen MR) is 101 cm³/mol. The number of halogens is 1. The van der Waals surface area contributed by atoms with Crippen LogP contribution in [0, 0.1) is 0 Å². The van der Waals surface area contributed by atoms with Crippen LogP contribution in [0.2, 0.25) is 5.02 Å². The fourth-order valence-corrected chi connectivity index (χ4v) is 5.17. The minimum Gasteiger partial charge on any atom is -0.487 e. The fraction of sp³-hybridized carbons (Fsp3) is 0.368. The van der Waals surface area contributed by atoms with Crippen molar-refractivity contribution >= 4 is 21.6 Å². The van der Waals surface area contributed by atoms with E-state index in [0.717, 1.165) is 31.1 Å². The molecule has 0 spiro atoms. The van der Waals surface area contributed by atoms with Crippen LogP contribution in [0.3, 0.4) is 0 Å². The number of fused-ring (bicyclic) bond motifs is 2. The van der Waals surface area contributed by atoms with Crippen LogP contribution in [0.1, 0.15) is 18.4 Å². The van der Waals surface area contributed by atoms with Crippen molar-refractivity contribution in [2.75, 3.05) is 13.1 Å². The molecule has 0 aromatic heterocycles. The molecule has 1 saturated heterocycles. The number of sulfonamides is 1. The number of benzene rings is 2. The molecule has 0 saturated carbocycles. The second-order valence-corrected chi connectivity index (χ2v) is 8.93. The first kappa shape index (κ1) is 17.8. The van der Waals surface area contributed by atoms with E-state index in [1.54, 1.807) is 24.3 Å². The van der Waals surface area contributed by atoms with E-state index in [4.69, 9.17) is 16.3 Å². The molecule has 2 atom stereocenters. The minimum atomic E-state index is -3.55. The number of rotatable bonds is 2. The lowest BCUT2D eigenvalue weighted by molar-refractivity contribution is 0.156. The summed E-state index contributed by atoms with van der Waals surface area (Å²) in [5, 5.41) is 0.730. The minimum absolute atomic E-state index is 0.163. The molecule has 2 aromatic rings. The molecular formula is C19H21ClN2O3S. The molecular weight excluding hydrogens is 372 g/mol. The summed E-state index contributed by atoms with van der Waals surface area (Å²) in [7, 11) is -3.55. The van der Waals surface area contributed by atoms with Gasteiger partial charge in [-0.15, -0.1) is 0 Å². The first-order valence-corrected chi connectivity index (χ1v) is 10.6. The van der Waals surface area contributed by atoms with Gasteiger partial charge < -0.3 is 4.74 Å². The van der Waals surface area contributed by atoms with Crippen molar-refractivity contribution in [3.63, 3.8) is 0 Å². The van der Waals surface area contributed by atoms with E-state index in [0.29, 0.717) is 12.2 Å². The van der Waals surface area contributed by atoms with Gasteiger partial charge in [0.25, 0.3) is 0 Å². The summed E-state index contributed by atoms with van der Waals surface area (Å²) in [4.78, 5) is 2.56. The maximum Gasteiger partial charge on any atom is 0.244 e. The first-order valence-electron chi connectivity index (χ1n) is 8.76. The molecule has 5 nitrogen and oxygen atoms in total. The van der Waals surface area contributed by atoms with Crippen molar-refractivity contribution < 1.29 is 13.2 Å². The summed E-state index contributed by atoms with van der Waals surface area (Å²) in [5.74, 6) is 0.443. The van der Waals surface area contributed by atoms with Crippen molar-refractivity contribution in [1.29, 1.82) is 0 Å². The smallest absolute Gasteiger partial charge is 0.244 e. The Morgan fingerprint density at radius 3 is 2.62 bits per heavy atom. The molecule has 2 aliphatic rings. The maximum atomic E-state index is 12.6. The molecule has 4 rings (SSSR count). The van der Waals surface area contributed by atoms with Crippen LogP contribution in [-0.4, -0.2) is 38.6 Å². The van der Waals surface area contributed by atoms with Crippen molar-refractivity contribution in [3.05, 3.63) is 59.1 Å². The van der Waals surface area contributed by atoms with E-state index in [2.05, 4.69) is 9.62 Å². The van der Waals surface area contributed by atoms with Crippen LogP contribution in [0.15, 0.2) is 53.4 Å². The van der Waals surface area contributed by atoms with Gasteiger partial charge in [0, 0.05) is 24.7 Å². The normalized spacial score (nSPS) is 25.3. The van der Waals surface area contributed by atoms with E-state index in [1.807, 2.05) is 24.3 Å². The Hall–Kier alpha value is -1.60. The fourth-order valence-electron chi connectivity index (χ4n) is 3.61. The quantitative estimate of drug-likeness (QED) is 0.853. The highest BCUT2D eigenvalue weighted by atomic mass is 35.5. The Balaban J connectivity index is 1.51. The van der Waals surface area contributed by atoms with Crippen LogP contribution in [-0.2, 0) is 16.6 Å². The molecule has 2 aromatic carbocycles. The van der Waals surface area contributed by atoms with E-state index in [-0.39, 0.29) is 17.0 Å². The highest BCUT2D eigenvalue weighted by Gasteiger charge is 2.36. The van der Waals surface area contributed by atoms with E-state index in [1.165, 1.54) is 5.56 Å². The number of para-hydroxylation sites is 1. The highest BCUT2D eigenvalue weighted by Crippen LogP contribution is 2.31. The van der Waals surface area contributed by atoms with Gasteiger partial charge in [0.1, 0.15) is 16.7 Å². The first-order chi connectivity index (χ1) is 12.5. The van der Waals surface area contributed by atoms with E-state index >= 15 is 0 Å². The molecule has 2 aliphatic heterocycles. The van der Waals surface area contributed by atoms with Crippen molar-refractivity contribution in [3.8, 4) is 5.75 Å². The van der Waals surface area contributed by atoms with Crippen LogP contribution < -0.4 is 9.46 Å². The molecule has 138 valence electrons. The summed E-state index contributed by atoms with van der Waals surface area (Å²) < 4.78 is 34.2. The Kier molecular flexibility index (Phi) is 4.92. The zero-order chi connectivity index (χ0) is 18.1. The third-order valence-corrected chi connectivity index (χ3v) is 6.76. The van der Waals surface area contributed by atoms with Gasteiger partial charge in [0.15, 0.2) is 0 Å². The van der Waals surface area contributed by atoms with Gasteiger partial charge in [-0.05, 0) is 42.7 Å². The van der Waals surface area contributed by atoms with Crippen LogP contribution in [0.5, 0.6) is 5.75 Å². The maximum absolute atomic E-state index is 12.6. The number of hydrogen-bond donors (Lipinski definition) is 1. The molecule has 1 fully saturated rings. The monoisotopic (exact) mass is 392 g/mol. The molecule has 7 heteroatoms. The Morgan fingerprint density at radius 2 is 1.81 bits per heavy atom.